The lowest BCUT2D eigenvalue weighted by atomic mass is 10.1. The van der Waals surface area contributed by atoms with Crippen LogP contribution in [0.4, 0.5) is 13.2 Å². The van der Waals surface area contributed by atoms with Crippen LogP contribution in [-0.2, 0) is 0 Å². The Morgan fingerprint density at radius 3 is 2.53 bits per heavy atom. The molecule has 0 saturated carbocycles. The number of nitrogens with zero attached hydrogens (tertiary/aromatic N) is 1. The fourth-order valence-electron chi connectivity index (χ4n) is 1.29. The number of thioether (sulfide) groups is 1. The molecule has 3 nitrogen and oxygen atoms in total. The summed E-state index contributed by atoms with van der Waals surface area (Å²) in [6.07, 6.45) is -6.41. The Labute approximate surface area is 103 Å². The maximum Gasteiger partial charge on any atom is 0.389 e. The summed E-state index contributed by atoms with van der Waals surface area (Å²) in [5.41, 5.74) is 0. The van der Waals surface area contributed by atoms with Crippen molar-refractivity contribution < 1.29 is 18.3 Å². The Bertz CT molecular complexity index is 269. The van der Waals surface area contributed by atoms with E-state index in [4.69, 9.17) is 0 Å². The molecule has 0 aliphatic rings. The molecule has 17 heavy (non-hydrogen) atoms. The first-order valence-corrected chi connectivity index (χ1v) is 5.90. The molecule has 0 rings (SSSR count). The van der Waals surface area contributed by atoms with E-state index >= 15 is 0 Å². The number of aliphatic hydroxyl groups is 1. The summed E-state index contributed by atoms with van der Waals surface area (Å²) < 4.78 is 36.3. The standard InChI is InChI=1S/C10H17F3N2OS/c1-4-17-9(15-3)8(16)7(14-2)5-6-10(11,12)13/h4,7-8,14,16H,1,5-6H2,2-3H3. The van der Waals surface area contributed by atoms with E-state index in [-0.39, 0.29) is 6.42 Å². The molecule has 2 N–H and O–H groups in total. The maximum atomic E-state index is 12.1. The van der Waals surface area contributed by atoms with Crippen molar-refractivity contribution in [2.45, 2.75) is 31.2 Å². The summed E-state index contributed by atoms with van der Waals surface area (Å²) in [7, 11) is 2.99. The zero-order valence-electron chi connectivity index (χ0n) is 9.79. The Morgan fingerprint density at radius 1 is 1.59 bits per heavy atom. The number of likely N-dealkylation sites (N-methyl/N-ethyl adjacent to an activating group) is 1. The van der Waals surface area contributed by atoms with E-state index in [0.29, 0.717) is 5.04 Å². The summed E-state index contributed by atoms with van der Waals surface area (Å²) in [5.74, 6) is 0. The van der Waals surface area contributed by atoms with E-state index in [9.17, 15) is 18.3 Å². The van der Waals surface area contributed by atoms with Crippen LogP contribution in [0.5, 0.6) is 0 Å². The highest BCUT2D eigenvalue weighted by Gasteiger charge is 2.31. The van der Waals surface area contributed by atoms with Crippen LogP contribution in [0.3, 0.4) is 0 Å². The number of aliphatic hydroxyl groups excluding tert-OH is 1. The van der Waals surface area contributed by atoms with Gasteiger partial charge < -0.3 is 10.4 Å². The first kappa shape index (κ1) is 16.5. The third-order valence-corrected chi connectivity index (χ3v) is 3.00. The number of rotatable bonds is 6. The first-order chi connectivity index (χ1) is 7.85. The normalized spacial score (nSPS) is 16.7. The zero-order valence-corrected chi connectivity index (χ0v) is 10.6. The lowest BCUT2D eigenvalue weighted by Gasteiger charge is -2.23. The van der Waals surface area contributed by atoms with Gasteiger partial charge in [0.05, 0.1) is 0 Å². The predicted molar refractivity (Wildman–Crippen MR) is 65.3 cm³/mol. The van der Waals surface area contributed by atoms with E-state index < -0.39 is 24.7 Å². The molecular formula is C10H17F3N2OS. The summed E-state index contributed by atoms with van der Waals surface area (Å²) in [6.45, 7) is 3.47. The van der Waals surface area contributed by atoms with Crippen molar-refractivity contribution in [2.75, 3.05) is 14.1 Å². The largest absolute Gasteiger partial charge is 0.389 e. The molecule has 2 atom stereocenters. The van der Waals surface area contributed by atoms with Gasteiger partial charge in [0.1, 0.15) is 11.1 Å². The molecule has 0 aromatic rings. The number of nitrogens with one attached hydrogen (secondary N) is 1. The van der Waals surface area contributed by atoms with Gasteiger partial charge in [-0.1, -0.05) is 18.3 Å². The van der Waals surface area contributed by atoms with Crippen LogP contribution < -0.4 is 5.32 Å². The molecule has 7 heteroatoms. The van der Waals surface area contributed by atoms with Gasteiger partial charge in [0, 0.05) is 19.5 Å². The minimum absolute atomic E-state index is 0.197. The van der Waals surface area contributed by atoms with Gasteiger partial charge in [-0.2, -0.15) is 13.2 Å². The number of hydrogen-bond donors (Lipinski definition) is 2. The van der Waals surface area contributed by atoms with Crippen molar-refractivity contribution in [1.82, 2.24) is 5.32 Å². The van der Waals surface area contributed by atoms with E-state index in [1.165, 1.54) is 19.5 Å². The van der Waals surface area contributed by atoms with Gasteiger partial charge in [-0.15, -0.1) is 0 Å². The Morgan fingerprint density at radius 2 is 2.18 bits per heavy atom. The molecular weight excluding hydrogens is 253 g/mol. The monoisotopic (exact) mass is 270 g/mol. The fraction of sp³-hybridized carbons (Fsp3) is 0.700. The van der Waals surface area contributed by atoms with Crippen molar-refractivity contribution in [3.05, 3.63) is 12.0 Å². The van der Waals surface area contributed by atoms with Gasteiger partial charge in [0.25, 0.3) is 0 Å². The van der Waals surface area contributed by atoms with Gasteiger partial charge in [0.2, 0.25) is 0 Å². The number of alkyl halides is 3. The third kappa shape index (κ3) is 6.70. The lowest BCUT2D eigenvalue weighted by molar-refractivity contribution is -0.137. The molecule has 0 aliphatic heterocycles. The first-order valence-electron chi connectivity index (χ1n) is 5.02. The van der Waals surface area contributed by atoms with Crippen LogP contribution in [0, 0.1) is 0 Å². The summed E-state index contributed by atoms with van der Waals surface area (Å²) in [5, 5.41) is 14.4. The molecule has 0 bridgehead atoms. The zero-order chi connectivity index (χ0) is 13.5. The number of halogens is 3. The average molecular weight is 270 g/mol. The highest BCUT2D eigenvalue weighted by Crippen LogP contribution is 2.24. The summed E-state index contributed by atoms with van der Waals surface area (Å²) in [4.78, 5) is 3.83. The minimum Gasteiger partial charge on any atom is -0.385 e. The second-order valence-electron chi connectivity index (χ2n) is 3.34. The molecule has 0 fully saturated rings. The molecule has 2 unspecified atom stereocenters. The molecule has 0 aliphatic carbocycles. The smallest absolute Gasteiger partial charge is 0.385 e. The van der Waals surface area contributed by atoms with Crippen LogP contribution in [0.2, 0.25) is 0 Å². The van der Waals surface area contributed by atoms with Crippen molar-refractivity contribution in [2.24, 2.45) is 4.99 Å². The fourth-order valence-corrected chi connectivity index (χ4v) is 1.87. The Balaban J connectivity index is 4.48. The van der Waals surface area contributed by atoms with Crippen LogP contribution in [0.15, 0.2) is 17.0 Å². The van der Waals surface area contributed by atoms with Crippen LogP contribution in [-0.4, -0.2) is 42.6 Å². The summed E-state index contributed by atoms with van der Waals surface area (Å²) >= 11 is 1.10. The van der Waals surface area contributed by atoms with Crippen molar-refractivity contribution in [3.63, 3.8) is 0 Å². The van der Waals surface area contributed by atoms with Crippen molar-refractivity contribution in [3.8, 4) is 0 Å². The lowest BCUT2D eigenvalue weighted by Crippen LogP contribution is -2.42. The minimum atomic E-state index is -4.22. The quantitative estimate of drug-likeness (QED) is 0.574. The SMILES string of the molecule is C=CSC(=NC)C(O)C(CCC(F)(F)F)NC. The second-order valence-corrected chi connectivity index (χ2v) is 4.33. The van der Waals surface area contributed by atoms with Crippen LogP contribution in [0.25, 0.3) is 0 Å². The molecule has 0 heterocycles. The van der Waals surface area contributed by atoms with Gasteiger partial charge in [-0.3, -0.25) is 4.99 Å². The Hall–Kier alpha value is -0.530. The third-order valence-electron chi connectivity index (χ3n) is 2.17. The van der Waals surface area contributed by atoms with E-state index in [1.54, 1.807) is 0 Å². The molecule has 0 saturated heterocycles. The van der Waals surface area contributed by atoms with Crippen molar-refractivity contribution >= 4 is 16.8 Å². The predicted octanol–water partition coefficient (Wildman–Crippen LogP) is 2.18. The molecule has 0 radical (unpaired) electrons. The summed E-state index contributed by atoms with van der Waals surface area (Å²) in [6, 6.07) is -0.678. The Kier molecular flexibility index (Phi) is 7.49. The molecule has 0 aromatic heterocycles. The van der Waals surface area contributed by atoms with Gasteiger partial charge in [-0.25, -0.2) is 0 Å². The van der Waals surface area contributed by atoms with E-state index in [0.717, 1.165) is 11.8 Å². The van der Waals surface area contributed by atoms with Crippen LogP contribution >= 0.6 is 11.8 Å². The maximum absolute atomic E-state index is 12.1. The number of aliphatic imine (C=N–C) groups is 1. The molecule has 0 amide bonds. The van der Waals surface area contributed by atoms with Gasteiger partial charge in [0.15, 0.2) is 0 Å². The highest BCUT2D eigenvalue weighted by atomic mass is 32.2. The van der Waals surface area contributed by atoms with E-state index in [2.05, 4.69) is 16.9 Å². The topological polar surface area (TPSA) is 44.6 Å². The van der Waals surface area contributed by atoms with E-state index in [1.807, 2.05) is 0 Å². The van der Waals surface area contributed by atoms with Crippen molar-refractivity contribution in [1.29, 1.82) is 0 Å². The second kappa shape index (κ2) is 7.73. The molecule has 100 valence electrons. The highest BCUT2D eigenvalue weighted by molar-refractivity contribution is 8.16. The average Bonchev–Trinajstić information content (AvgIpc) is 2.24. The number of hydrogen-bond acceptors (Lipinski definition) is 4. The van der Waals surface area contributed by atoms with Gasteiger partial charge in [-0.05, 0) is 18.9 Å². The molecule has 0 spiro atoms. The van der Waals surface area contributed by atoms with Gasteiger partial charge >= 0.3 is 6.18 Å². The van der Waals surface area contributed by atoms with Crippen LogP contribution in [0.1, 0.15) is 12.8 Å². The molecule has 0 aromatic carbocycles.